The Labute approximate surface area is 105 Å². The van der Waals surface area contributed by atoms with Crippen LogP contribution in [-0.4, -0.2) is 22.9 Å². The normalized spacial score (nSPS) is 13.5. The number of nitrogens with zero attached hydrogens (tertiary/aromatic N) is 1. The minimum absolute atomic E-state index is 0.0580. The summed E-state index contributed by atoms with van der Waals surface area (Å²) in [4.78, 5) is 18.8. The Balaban J connectivity index is 1.92. The molecule has 3 N–H and O–H groups in total. The van der Waals surface area contributed by atoms with Crippen LogP contribution < -0.4 is 10.6 Å². The van der Waals surface area contributed by atoms with Gasteiger partial charge in [0.15, 0.2) is 0 Å². The van der Waals surface area contributed by atoms with Crippen LogP contribution in [0.25, 0.3) is 11.3 Å². The first kappa shape index (κ1) is 11.0. The zero-order chi connectivity index (χ0) is 12.5. The Morgan fingerprint density at radius 2 is 2.33 bits per heavy atom. The first-order chi connectivity index (χ1) is 8.76. The number of amides is 1. The molecule has 5 nitrogen and oxygen atoms in total. The minimum Gasteiger partial charge on any atom is -0.341 e. The van der Waals surface area contributed by atoms with Crippen LogP contribution in [0.5, 0.6) is 0 Å². The summed E-state index contributed by atoms with van der Waals surface area (Å²) in [5.41, 5.74) is 3.99. The van der Waals surface area contributed by atoms with Gasteiger partial charge < -0.3 is 15.6 Å². The topological polar surface area (TPSA) is 69.8 Å². The monoisotopic (exact) mass is 242 g/mol. The molecule has 0 unspecified atom stereocenters. The largest absolute Gasteiger partial charge is 0.341 e. The summed E-state index contributed by atoms with van der Waals surface area (Å²) in [7, 11) is 1.88. The van der Waals surface area contributed by atoms with Crippen molar-refractivity contribution in [1.29, 1.82) is 0 Å². The first-order valence-corrected chi connectivity index (χ1v) is 5.88. The van der Waals surface area contributed by atoms with Gasteiger partial charge in [0.2, 0.25) is 5.91 Å². The molecule has 0 radical (unpaired) electrons. The molecule has 2 aromatic rings. The van der Waals surface area contributed by atoms with Crippen molar-refractivity contribution >= 4 is 11.6 Å². The van der Waals surface area contributed by atoms with Gasteiger partial charge in [-0.05, 0) is 30.3 Å². The van der Waals surface area contributed by atoms with Crippen LogP contribution in [0.15, 0.2) is 24.4 Å². The Kier molecular flexibility index (Phi) is 2.60. The maximum absolute atomic E-state index is 11.3. The molecule has 1 aliphatic heterocycles. The van der Waals surface area contributed by atoms with E-state index >= 15 is 0 Å². The summed E-state index contributed by atoms with van der Waals surface area (Å²) in [6.07, 6.45) is 2.28. The lowest BCUT2D eigenvalue weighted by molar-refractivity contribution is -0.115. The van der Waals surface area contributed by atoms with Gasteiger partial charge >= 0.3 is 0 Å². The fraction of sp³-hybridized carbons (Fsp3) is 0.231. The quantitative estimate of drug-likeness (QED) is 0.759. The summed E-state index contributed by atoms with van der Waals surface area (Å²) < 4.78 is 0. The van der Waals surface area contributed by atoms with Gasteiger partial charge in [0, 0.05) is 5.69 Å². The van der Waals surface area contributed by atoms with Crippen LogP contribution in [0, 0.1) is 0 Å². The highest BCUT2D eigenvalue weighted by atomic mass is 16.1. The molecule has 3 rings (SSSR count). The molecule has 0 fully saturated rings. The Hall–Kier alpha value is -2.14. The highest BCUT2D eigenvalue weighted by Crippen LogP contribution is 2.28. The van der Waals surface area contributed by atoms with E-state index in [4.69, 9.17) is 0 Å². The SMILES string of the molecule is CNCc1ncc(-c2ccc3c(c2)CC(=O)N3)[nH]1. The van der Waals surface area contributed by atoms with E-state index in [2.05, 4.69) is 20.6 Å². The molecule has 0 spiro atoms. The van der Waals surface area contributed by atoms with Gasteiger partial charge in [-0.1, -0.05) is 6.07 Å². The number of benzene rings is 1. The number of hydrogen-bond donors (Lipinski definition) is 3. The van der Waals surface area contributed by atoms with E-state index in [9.17, 15) is 4.79 Å². The van der Waals surface area contributed by atoms with E-state index in [1.54, 1.807) is 0 Å². The van der Waals surface area contributed by atoms with Crippen LogP contribution in [0.2, 0.25) is 0 Å². The van der Waals surface area contributed by atoms with Gasteiger partial charge in [-0.3, -0.25) is 4.79 Å². The zero-order valence-corrected chi connectivity index (χ0v) is 10.1. The first-order valence-electron chi connectivity index (χ1n) is 5.88. The Morgan fingerprint density at radius 1 is 1.44 bits per heavy atom. The number of fused-ring (bicyclic) bond motifs is 1. The number of H-pyrrole nitrogens is 1. The molecular formula is C13H14N4O. The van der Waals surface area contributed by atoms with Crippen molar-refractivity contribution in [2.75, 3.05) is 12.4 Å². The van der Waals surface area contributed by atoms with Gasteiger partial charge in [0.1, 0.15) is 5.82 Å². The lowest BCUT2D eigenvalue weighted by atomic mass is 10.1. The summed E-state index contributed by atoms with van der Waals surface area (Å²) in [5, 5.41) is 5.87. The summed E-state index contributed by atoms with van der Waals surface area (Å²) in [5.74, 6) is 0.963. The second-order valence-electron chi connectivity index (χ2n) is 4.37. The van der Waals surface area contributed by atoms with E-state index in [0.29, 0.717) is 13.0 Å². The average Bonchev–Trinajstić information content (AvgIpc) is 2.93. The number of aromatic amines is 1. The highest BCUT2D eigenvalue weighted by molar-refractivity contribution is 5.99. The highest BCUT2D eigenvalue weighted by Gasteiger charge is 2.18. The molecule has 0 saturated carbocycles. The van der Waals surface area contributed by atoms with Crippen molar-refractivity contribution in [3.05, 3.63) is 35.8 Å². The molecule has 1 amide bonds. The summed E-state index contributed by atoms with van der Waals surface area (Å²) >= 11 is 0. The van der Waals surface area contributed by atoms with Crippen molar-refractivity contribution < 1.29 is 4.79 Å². The number of aromatic nitrogens is 2. The summed E-state index contributed by atoms with van der Waals surface area (Å²) in [6.45, 7) is 0.713. The van der Waals surface area contributed by atoms with Crippen LogP contribution in [0.3, 0.4) is 0 Å². The minimum atomic E-state index is 0.0580. The number of anilines is 1. The van der Waals surface area contributed by atoms with Crippen LogP contribution >= 0.6 is 0 Å². The van der Waals surface area contributed by atoms with Crippen LogP contribution in [0.1, 0.15) is 11.4 Å². The second-order valence-corrected chi connectivity index (χ2v) is 4.37. The lowest BCUT2D eigenvalue weighted by Crippen LogP contribution is -2.06. The molecule has 1 aromatic carbocycles. The second kappa shape index (κ2) is 4.27. The molecule has 5 heteroatoms. The predicted molar refractivity (Wildman–Crippen MR) is 69.1 cm³/mol. The van der Waals surface area contributed by atoms with Crippen molar-refractivity contribution in [2.24, 2.45) is 0 Å². The van der Waals surface area contributed by atoms with Crippen molar-refractivity contribution in [3.63, 3.8) is 0 Å². The number of hydrogen-bond acceptors (Lipinski definition) is 3. The molecule has 0 aliphatic carbocycles. The Morgan fingerprint density at radius 3 is 3.17 bits per heavy atom. The van der Waals surface area contributed by atoms with Gasteiger partial charge in [0.25, 0.3) is 0 Å². The van der Waals surface area contributed by atoms with Crippen LogP contribution in [0.4, 0.5) is 5.69 Å². The van der Waals surface area contributed by atoms with Crippen LogP contribution in [-0.2, 0) is 17.8 Å². The van der Waals surface area contributed by atoms with Crippen molar-refractivity contribution in [1.82, 2.24) is 15.3 Å². The zero-order valence-electron chi connectivity index (χ0n) is 10.1. The Bertz CT molecular complexity index is 603. The van der Waals surface area contributed by atoms with E-state index in [1.807, 2.05) is 31.4 Å². The van der Waals surface area contributed by atoms with E-state index in [0.717, 1.165) is 28.3 Å². The smallest absolute Gasteiger partial charge is 0.228 e. The summed E-state index contributed by atoms with van der Waals surface area (Å²) in [6, 6.07) is 5.96. The van der Waals surface area contributed by atoms with E-state index < -0.39 is 0 Å². The number of nitrogens with one attached hydrogen (secondary N) is 3. The van der Waals surface area contributed by atoms with Gasteiger partial charge in [-0.25, -0.2) is 4.98 Å². The third-order valence-electron chi connectivity index (χ3n) is 3.01. The molecule has 2 heterocycles. The molecule has 0 saturated heterocycles. The molecule has 0 bridgehead atoms. The number of carbonyl (C=O) groups is 1. The third kappa shape index (κ3) is 1.89. The van der Waals surface area contributed by atoms with Gasteiger partial charge in [0.05, 0.1) is 24.9 Å². The van der Waals surface area contributed by atoms with Crippen molar-refractivity contribution in [3.8, 4) is 11.3 Å². The number of rotatable bonds is 3. The molecule has 92 valence electrons. The maximum Gasteiger partial charge on any atom is 0.228 e. The fourth-order valence-electron chi connectivity index (χ4n) is 2.16. The molecule has 18 heavy (non-hydrogen) atoms. The number of carbonyl (C=O) groups excluding carboxylic acids is 1. The van der Waals surface area contributed by atoms with Gasteiger partial charge in [-0.15, -0.1) is 0 Å². The molecular weight excluding hydrogens is 228 g/mol. The number of imidazole rings is 1. The molecule has 1 aromatic heterocycles. The predicted octanol–water partition coefficient (Wildman–Crippen LogP) is 1.29. The fourth-order valence-corrected chi connectivity index (χ4v) is 2.16. The average molecular weight is 242 g/mol. The van der Waals surface area contributed by atoms with E-state index in [-0.39, 0.29) is 5.91 Å². The van der Waals surface area contributed by atoms with Gasteiger partial charge in [-0.2, -0.15) is 0 Å². The van der Waals surface area contributed by atoms with Crippen molar-refractivity contribution in [2.45, 2.75) is 13.0 Å². The third-order valence-corrected chi connectivity index (χ3v) is 3.01. The standard InChI is InChI=1S/C13H14N4O/c1-14-7-12-15-6-11(16-12)8-2-3-10-9(4-8)5-13(18)17-10/h2-4,6,14H,5,7H2,1H3,(H,15,16)(H,17,18). The maximum atomic E-state index is 11.3. The van der Waals surface area contributed by atoms with E-state index in [1.165, 1.54) is 0 Å². The molecule has 0 atom stereocenters. The lowest BCUT2D eigenvalue weighted by Gasteiger charge is -2.02. The molecule has 1 aliphatic rings.